The third-order valence-corrected chi connectivity index (χ3v) is 10.2. The van der Waals surface area contributed by atoms with E-state index in [4.69, 9.17) is 16.7 Å². The van der Waals surface area contributed by atoms with Crippen LogP contribution in [0, 0.1) is 0 Å². The first-order chi connectivity index (χ1) is 27.9. The molecule has 0 saturated carbocycles. The summed E-state index contributed by atoms with van der Waals surface area (Å²) < 4.78 is 4.65. The zero-order valence-electron chi connectivity index (χ0n) is 35.4. The molecule has 3 fully saturated rings. The molecule has 5 N–H and O–H groups in total. The SMILES string of the molecule is CC(=O)c1cnn2ccc(Cl)nc12.CC(=O)c1cnn2ccc(N3CCN(C)CC3)nc12.CN1CCN(c2ccn3ncc(C(=O)O)c3n2)CC1.CN1CCNCC1.O.[Li+].[OH-]. The minimum Gasteiger partial charge on any atom is -0.870 e. The van der Waals surface area contributed by atoms with Crippen LogP contribution in [0.15, 0.2) is 55.4 Å². The number of Topliss-reactive ketones (excluding diaryl/α,β-unsaturated/α-hetero) is 2. The van der Waals surface area contributed by atoms with Crippen LogP contribution in [0.3, 0.4) is 0 Å². The summed E-state index contributed by atoms with van der Waals surface area (Å²) in [6.07, 6.45) is 9.68. The van der Waals surface area contributed by atoms with Crippen molar-refractivity contribution < 1.29 is 49.3 Å². The molecule has 0 spiro atoms. The van der Waals surface area contributed by atoms with Crippen LogP contribution in [0.2, 0.25) is 5.15 Å². The van der Waals surface area contributed by atoms with Gasteiger partial charge < -0.3 is 45.9 Å². The maximum Gasteiger partial charge on any atom is 1.00 e. The second kappa shape index (κ2) is 23.2. The molecule has 0 aliphatic carbocycles. The van der Waals surface area contributed by atoms with E-state index in [1.807, 2.05) is 18.3 Å². The number of aromatic carboxylic acids is 1. The number of hydrogen-bond donors (Lipinski definition) is 2. The maximum absolute atomic E-state index is 11.5. The molecular formula is C38H53ClLiN15O6. The van der Waals surface area contributed by atoms with Crippen LogP contribution >= 0.6 is 11.6 Å². The number of hydrogen-bond acceptors (Lipinski definition) is 16. The van der Waals surface area contributed by atoms with Gasteiger partial charge in [0.25, 0.3) is 0 Å². The van der Waals surface area contributed by atoms with E-state index >= 15 is 0 Å². The molecule has 3 aliphatic heterocycles. The Balaban J connectivity index is 0.000000224. The van der Waals surface area contributed by atoms with Crippen molar-refractivity contribution in [3.8, 4) is 0 Å². The molecule has 23 heteroatoms. The van der Waals surface area contributed by atoms with Crippen molar-refractivity contribution in [2.24, 2.45) is 0 Å². The molecule has 0 unspecified atom stereocenters. The van der Waals surface area contributed by atoms with E-state index in [2.05, 4.69) is 81.2 Å². The number of anilines is 2. The number of carbonyl (C=O) groups excluding carboxylic acids is 2. The number of nitrogens with one attached hydrogen (secondary N) is 1. The van der Waals surface area contributed by atoms with Crippen molar-refractivity contribution in [1.82, 2.24) is 63.8 Å². The van der Waals surface area contributed by atoms with Crippen molar-refractivity contribution in [2.45, 2.75) is 13.8 Å². The summed E-state index contributed by atoms with van der Waals surface area (Å²) in [4.78, 5) is 58.1. The van der Waals surface area contributed by atoms with Gasteiger partial charge in [-0.2, -0.15) is 15.3 Å². The van der Waals surface area contributed by atoms with E-state index in [1.165, 1.54) is 41.4 Å². The first-order valence-electron chi connectivity index (χ1n) is 19.1. The van der Waals surface area contributed by atoms with E-state index in [0.717, 1.165) is 77.1 Å². The zero-order valence-corrected chi connectivity index (χ0v) is 36.2. The number of piperazine rings is 3. The van der Waals surface area contributed by atoms with Gasteiger partial charge in [-0.3, -0.25) is 9.59 Å². The second-order valence-corrected chi connectivity index (χ2v) is 14.7. The van der Waals surface area contributed by atoms with Gasteiger partial charge in [0.2, 0.25) is 0 Å². The Hall–Kier alpha value is -5.08. The summed E-state index contributed by atoms with van der Waals surface area (Å²) >= 11 is 5.69. The van der Waals surface area contributed by atoms with Crippen LogP contribution < -0.4 is 34.0 Å². The van der Waals surface area contributed by atoms with Gasteiger partial charge >= 0.3 is 24.8 Å². The molecule has 3 saturated heterocycles. The van der Waals surface area contributed by atoms with E-state index in [-0.39, 0.29) is 46.9 Å². The molecule has 21 nitrogen and oxygen atoms in total. The average Bonchev–Trinajstić information content (AvgIpc) is 3.96. The maximum atomic E-state index is 11.5. The molecule has 0 aromatic carbocycles. The van der Waals surface area contributed by atoms with Crippen molar-refractivity contribution in [3.05, 3.63) is 77.2 Å². The predicted octanol–water partition coefficient (Wildman–Crippen LogP) is -2.03. The number of halogens is 1. The summed E-state index contributed by atoms with van der Waals surface area (Å²) in [7, 11) is 6.37. The van der Waals surface area contributed by atoms with E-state index < -0.39 is 5.97 Å². The van der Waals surface area contributed by atoms with Crippen molar-refractivity contribution in [2.75, 3.05) is 109 Å². The third kappa shape index (κ3) is 13.0. The summed E-state index contributed by atoms with van der Waals surface area (Å²) in [5.74, 6) is 0.660. The molecule has 0 atom stereocenters. The predicted molar refractivity (Wildman–Crippen MR) is 226 cm³/mol. The van der Waals surface area contributed by atoms with Crippen LogP contribution in [-0.2, 0) is 0 Å². The number of rotatable bonds is 5. The van der Waals surface area contributed by atoms with Crippen LogP contribution in [-0.4, -0.2) is 192 Å². The summed E-state index contributed by atoms with van der Waals surface area (Å²) in [6, 6.07) is 5.44. The second-order valence-electron chi connectivity index (χ2n) is 14.4. The Morgan fingerprint density at radius 3 is 1.33 bits per heavy atom. The summed E-state index contributed by atoms with van der Waals surface area (Å²) in [6.45, 7) is 15.5. The van der Waals surface area contributed by atoms with Crippen molar-refractivity contribution >= 4 is 57.7 Å². The quantitative estimate of drug-likeness (QED) is 0.108. The smallest absolute Gasteiger partial charge is 0.870 e. The third-order valence-electron chi connectivity index (χ3n) is 10.0. The normalized spacial score (nSPS) is 15.8. The van der Waals surface area contributed by atoms with Crippen LogP contribution in [0.1, 0.15) is 44.9 Å². The first kappa shape index (κ1) is 50.3. The number of aromatic nitrogens is 9. The van der Waals surface area contributed by atoms with Gasteiger partial charge in [-0.25, -0.2) is 33.3 Å². The Morgan fingerprint density at radius 1 is 0.590 bits per heavy atom. The van der Waals surface area contributed by atoms with Crippen molar-refractivity contribution in [1.29, 1.82) is 0 Å². The molecule has 3 aliphatic rings. The van der Waals surface area contributed by atoms with Crippen LogP contribution in [0.4, 0.5) is 11.6 Å². The van der Waals surface area contributed by atoms with Gasteiger partial charge in [-0.05, 0) is 53.2 Å². The van der Waals surface area contributed by atoms with Gasteiger partial charge in [-0.1, -0.05) is 11.6 Å². The first-order valence-corrected chi connectivity index (χ1v) is 19.5. The van der Waals surface area contributed by atoms with Crippen molar-refractivity contribution in [3.63, 3.8) is 0 Å². The van der Waals surface area contributed by atoms with Gasteiger partial charge in [0.15, 0.2) is 28.5 Å². The number of nitrogens with zero attached hydrogens (tertiary/aromatic N) is 14. The molecule has 324 valence electrons. The van der Waals surface area contributed by atoms with Crippen LogP contribution in [0.25, 0.3) is 16.9 Å². The fourth-order valence-corrected chi connectivity index (χ4v) is 6.55. The van der Waals surface area contributed by atoms with Gasteiger partial charge in [0, 0.05) is 97.1 Å². The summed E-state index contributed by atoms with van der Waals surface area (Å²) in [5.41, 5.74) is 2.74. The Bertz CT molecular complexity index is 2240. The topological polar surface area (TPSA) is 252 Å². The van der Waals surface area contributed by atoms with Gasteiger partial charge in [0.1, 0.15) is 22.4 Å². The molecule has 61 heavy (non-hydrogen) atoms. The largest absolute Gasteiger partial charge is 1.00 e. The summed E-state index contributed by atoms with van der Waals surface area (Å²) in [5, 5.41) is 24.8. The zero-order chi connectivity index (χ0) is 41.3. The van der Waals surface area contributed by atoms with E-state index in [9.17, 15) is 14.4 Å². The average molecular weight is 858 g/mol. The standard InChI is InChI=1S/C13H17N5O.C12H15N5O2.C8H6ClN3O.C5H12N2.Li.2H2O/c1-10(19)11-9-14-18-4-3-12(15-13(11)18)17-7-5-16(2)6-8-17;1-15-4-6-16(7-5-15)10-2-3-17-11(14-10)9(8-13-17)12(18)19;1-5(13)6-4-10-12-3-2-7(9)11-8(6)12;1-7-4-2-6-3-5-7;;;/h3-4,9H,5-8H2,1-2H3;2-3,8H,4-7H2,1H3,(H,18,19);2-4H,1H3;6H,2-5H2,1H3;;2*1H2/q;;;;+1;;/p-1. The van der Waals surface area contributed by atoms with Gasteiger partial charge in [0.05, 0.1) is 29.7 Å². The molecule has 6 aromatic heterocycles. The van der Waals surface area contributed by atoms with Gasteiger partial charge in [-0.15, -0.1) is 0 Å². The number of carbonyl (C=O) groups is 3. The molecular weight excluding hydrogens is 805 g/mol. The molecule has 0 radical (unpaired) electrons. The molecule has 9 rings (SSSR count). The minimum absolute atomic E-state index is 0. The number of carboxylic acid groups (broad SMARTS) is 1. The molecule has 9 heterocycles. The van der Waals surface area contributed by atoms with E-state index in [1.54, 1.807) is 36.1 Å². The number of likely N-dealkylation sites (N-methyl/N-ethyl adjacent to an activating group) is 3. The fraction of sp³-hybridized carbons (Fsp3) is 0.447. The van der Waals surface area contributed by atoms with E-state index in [0.29, 0.717) is 33.2 Å². The minimum atomic E-state index is -1.00. The monoisotopic (exact) mass is 857 g/mol. The Labute approximate surface area is 370 Å². The van der Waals surface area contributed by atoms with Crippen LogP contribution in [0.5, 0.6) is 0 Å². The fourth-order valence-electron chi connectivity index (χ4n) is 6.41. The number of carboxylic acids is 1. The number of ketones is 2. The molecule has 0 amide bonds. The Kier molecular flexibility index (Phi) is 19.1. The molecule has 0 bridgehead atoms. The Morgan fingerprint density at radius 2 is 0.951 bits per heavy atom. The number of fused-ring (bicyclic) bond motifs is 3. The molecule has 6 aromatic rings.